The van der Waals surface area contributed by atoms with Crippen LogP contribution in [0.15, 0.2) is 22.8 Å². The Morgan fingerprint density at radius 3 is 2.55 bits per heavy atom. The Bertz CT molecular complexity index is 494. The highest BCUT2D eigenvalue weighted by molar-refractivity contribution is 8.02. The van der Waals surface area contributed by atoms with E-state index in [1.807, 2.05) is 0 Å². The van der Waals surface area contributed by atoms with Crippen molar-refractivity contribution in [3.8, 4) is 0 Å². The fourth-order valence-electron chi connectivity index (χ4n) is 1.92. The molecule has 0 unspecified atom stereocenters. The number of imide groups is 1. The van der Waals surface area contributed by atoms with Crippen LogP contribution in [-0.2, 0) is 20.9 Å². The van der Waals surface area contributed by atoms with Gasteiger partial charge >= 0.3 is 0 Å². The monoisotopic (exact) mass is 296 g/mol. The molecule has 1 saturated heterocycles. The SMILES string of the molecule is C[C@H]1S[C@H](C)C(=O)N(CC(=O)NCc2ccco2)C1=O. The quantitative estimate of drug-likeness (QED) is 0.830. The maximum atomic E-state index is 11.9. The highest BCUT2D eigenvalue weighted by atomic mass is 32.2. The number of amides is 3. The summed E-state index contributed by atoms with van der Waals surface area (Å²) in [5.74, 6) is -0.390. The van der Waals surface area contributed by atoms with Crippen LogP contribution in [0.5, 0.6) is 0 Å². The highest BCUT2D eigenvalue weighted by Crippen LogP contribution is 2.26. The molecule has 0 aliphatic carbocycles. The van der Waals surface area contributed by atoms with Gasteiger partial charge in [0.25, 0.3) is 0 Å². The van der Waals surface area contributed by atoms with Crippen LogP contribution in [0.25, 0.3) is 0 Å². The average Bonchev–Trinajstić information content (AvgIpc) is 2.92. The van der Waals surface area contributed by atoms with Gasteiger partial charge in [0.1, 0.15) is 12.3 Å². The minimum Gasteiger partial charge on any atom is -0.467 e. The highest BCUT2D eigenvalue weighted by Gasteiger charge is 2.37. The minimum absolute atomic E-state index is 0.238. The van der Waals surface area contributed by atoms with Gasteiger partial charge in [0.15, 0.2) is 0 Å². The third-order valence-corrected chi connectivity index (χ3v) is 4.20. The molecule has 2 atom stereocenters. The van der Waals surface area contributed by atoms with Crippen LogP contribution in [0, 0.1) is 0 Å². The standard InChI is InChI=1S/C13H16N2O4S/c1-8-12(17)15(13(18)9(2)20-8)7-11(16)14-6-10-4-3-5-19-10/h3-5,8-9H,6-7H2,1-2H3,(H,14,16)/t8-,9-/m1/s1. The number of hydrogen-bond acceptors (Lipinski definition) is 5. The fourth-order valence-corrected chi connectivity index (χ4v) is 3.02. The van der Waals surface area contributed by atoms with Crippen molar-refractivity contribution in [3.05, 3.63) is 24.2 Å². The van der Waals surface area contributed by atoms with E-state index in [0.717, 1.165) is 4.90 Å². The van der Waals surface area contributed by atoms with Crippen molar-refractivity contribution >= 4 is 29.5 Å². The summed E-state index contributed by atoms with van der Waals surface area (Å²) in [5.41, 5.74) is 0. The molecule has 2 heterocycles. The molecule has 7 heteroatoms. The van der Waals surface area contributed by atoms with Crippen LogP contribution in [0.1, 0.15) is 19.6 Å². The Kier molecular flexibility index (Phi) is 4.49. The molecule has 2 rings (SSSR count). The molecule has 1 fully saturated rings. The first-order valence-corrected chi connectivity index (χ1v) is 7.23. The second-order valence-electron chi connectivity index (χ2n) is 4.54. The molecule has 6 nitrogen and oxygen atoms in total. The number of hydrogen-bond donors (Lipinski definition) is 1. The van der Waals surface area contributed by atoms with E-state index in [0.29, 0.717) is 5.76 Å². The van der Waals surface area contributed by atoms with Crippen LogP contribution in [0.4, 0.5) is 0 Å². The Labute approximate surface area is 120 Å². The number of thioether (sulfide) groups is 1. The maximum absolute atomic E-state index is 11.9. The van der Waals surface area contributed by atoms with Crippen molar-refractivity contribution < 1.29 is 18.8 Å². The van der Waals surface area contributed by atoms with Gasteiger partial charge in [0.05, 0.1) is 23.3 Å². The molecule has 1 N–H and O–H groups in total. The van der Waals surface area contributed by atoms with E-state index in [1.54, 1.807) is 26.0 Å². The van der Waals surface area contributed by atoms with Gasteiger partial charge in [0.2, 0.25) is 17.7 Å². The fraction of sp³-hybridized carbons (Fsp3) is 0.462. The van der Waals surface area contributed by atoms with Crippen molar-refractivity contribution in [2.24, 2.45) is 0 Å². The maximum Gasteiger partial charge on any atom is 0.242 e. The first-order valence-electron chi connectivity index (χ1n) is 6.29. The third kappa shape index (κ3) is 3.22. The molecule has 1 aliphatic rings. The molecule has 0 saturated carbocycles. The second kappa shape index (κ2) is 6.13. The second-order valence-corrected chi connectivity index (χ2v) is 6.23. The summed E-state index contributed by atoms with van der Waals surface area (Å²) in [4.78, 5) is 36.7. The van der Waals surface area contributed by atoms with E-state index in [-0.39, 0.29) is 41.3 Å². The summed E-state index contributed by atoms with van der Waals surface area (Å²) in [6, 6.07) is 3.46. The van der Waals surface area contributed by atoms with Crippen LogP contribution in [0.3, 0.4) is 0 Å². The lowest BCUT2D eigenvalue weighted by Crippen LogP contribution is -2.53. The van der Waals surface area contributed by atoms with Gasteiger partial charge in [0, 0.05) is 0 Å². The van der Waals surface area contributed by atoms with E-state index in [1.165, 1.54) is 18.0 Å². The number of carbonyl (C=O) groups is 3. The molecule has 1 aliphatic heterocycles. The van der Waals surface area contributed by atoms with E-state index < -0.39 is 0 Å². The Hall–Kier alpha value is -1.76. The normalized spacial score (nSPS) is 23.0. The number of nitrogens with zero attached hydrogens (tertiary/aromatic N) is 1. The van der Waals surface area contributed by atoms with E-state index in [4.69, 9.17) is 4.42 Å². The number of carbonyl (C=O) groups excluding carboxylic acids is 3. The lowest BCUT2D eigenvalue weighted by Gasteiger charge is -2.31. The molecule has 0 aromatic carbocycles. The number of nitrogens with one attached hydrogen (secondary N) is 1. The zero-order valence-corrected chi connectivity index (χ0v) is 12.1. The van der Waals surface area contributed by atoms with Gasteiger partial charge in [-0.15, -0.1) is 11.8 Å². The Morgan fingerprint density at radius 1 is 1.35 bits per heavy atom. The molecule has 108 valence electrons. The summed E-state index contributed by atoms with van der Waals surface area (Å²) in [6.07, 6.45) is 1.51. The van der Waals surface area contributed by atoms with E-state index in [2.05, 4.69) is 5.32 Å². The largest absolute Gasteiger partial charge is 0.467 e. The topological polar surface area (TPSA) is 79.6 Å². The zero-order chi connectivity index (χ0) is 14.7. The zero-order valence-electron chi connectivity index (χ0n) is 11.3. The summed E-state index contributed by atoms with van der Waals surface area (Å²) in [7, 11) is 0. The predicted molar refractivity (Wildman–Crippen MR) is 73.8 cm³/mol. The lowest BCUT2D eigenvalue weighted by atomic mass is 10.3. The van der Waals surface area contributed by atoms with Crippen LogP contribution in [0.2, 0.25) is 0 Å². The lowest BCUT2D eigenvalue weighted by molar-refractivity contribution is -0.147. The van der Waals surface area contributed by atoms with Crippen molar-refractivity contribution in [1.29, 1.82) is 0 Å². The van der Waals surface area contributed by atoms with Crippen LogP contribution in [-0.4, -0.2) is 39.7 Å². The Balaban J connectivity index is 1.91. The summed E-state index contributed by atoms with van der Waals surface area (Å²) in [5, 5.41) is 2.01. The van der Waals surface area contributed by atoms with E-state index >= 15 is 0 Å². The van der Waals surface area contributed by atoms with Gasteiger partial charge in [-0.1, -0.05) is 0 Å². The van der Waals surface area contributed by atoms with Crippen LogP contribution < -0.4 is 5.32 Å². The van der Waals surface area contributed by atoms with Crippen molar-refractivity contribution in [3.63, 3.8) is 0 Å². The third-order valence-electron chi connectivity index (χ3n) is 2.98. The van der Waals surface area contributed by atoms with Gasteiger partial charge in [-0.25, -0.2) is 0 Å². The van der Waals surface area contributed by atoms with Crippen molar-refractivity contribution in [1.82, 2.24) is 10.2 Å². The molecule has 0 radical (unpaired) electrons. The molecular weight excluding hydrogens is 280 g/mol. The smallest absolute Gasteiger partial charge is 0.242 e. The van der Waals surface area contributed by atoms with Crippen molar-refractivity contribution in [2.75, 3.05) is 6.54 Å². The van der Waals surface area contributed by atoms with E-state index in [9.17, 15) is 14.4 Å². The van der Waals surface area contributed by atoms with Crippen LogP contribution >= 0.6 is 11.8 Å². The molecule has 0 bridgehead atoms. The Morgan fingerprint density at radius 2 is 2.00 bits per heavy atom. The van der Waals surface area contributed by atoms with Gasteiger partial charge in [-0.2, -0.15) is 0 Å². The number of rotatable bonds is 4. The summed E-state index contributed by atoms with van der Waals surface area (Å²) in [6.45, 7) is 3.48. The molecule has 0 spiro atoms. The van der Waals surface area contributed by atoms with Crippen molar-refractivity contribution in [2.45, 2.75) is 30.9 Å². The molecule has 3 amide bonds. The molecular formula is C13H16N2O4S. The molecule has 1 aromatic rings. The number of furan rings is 1. The summed E-state index contributed by atoms with van der Waals surface area (Å²) >= 11 is 1.31. The summed E-state index contributed by atoms with van der Waals surface area (Å²) < 4.78 is 5.08. The van der Waals surface area contributed by atoms with Gasteiger partial charge < -0.3 is 9.73 Å². The van der Waals surface area contributed by atoms with Gasteiger partial charge in [-0.3, -0.25) is 19.3 Å². The van der Waals surface area contributed by atoms with Gasteiger partial charge in [-0.05, 0) is 26.0 Å². The minimum atomic E-state index is -0.380. The first kappa shape index (κ1) is 14.6. The predicted octanol–water partition coefficient (Wildman–Crippen LogP) is 0.775. The molecule has 20 heavy (non-hydrogen) atoms. The molecule has 1 aromatic heterocycles. The first-order chi connectivity index (χ1) is 9.49. The average molecular weight is 296 g/mol.